The minimum absolute atomic E-state index is 0.0187. The van der Waals surface area contributed by atoms with Gasteiger partial charge < -0.3 is 15.0 Å². The van der Waals surface area contributed by atoms with Crippen LogP contribution in [0.15, 0.2) is 12.4 Å². The number of likely N-dealkylation sites (tertiary alicyclic amines) is 1. The molecule has 1 aromatic heterocycles. The van der Waals surface area contributed by atoms with Gasteiger partial charge in [0.1, 0.15) is 6.10 Å². The molecule has 1 aliphatic rings. The quantitative estimate of drug-likeness (QED) is 0.853. The van der Waals surface area contributed by atoms with Crippen LogP contribution < -0.4 is 10.1 Å². The second kappa shape index (κ2) is 6.96. The molecule has 1 aromatic rings. The molecule has 1 N–H and O–H groups in total. The van der Waals surface area contributed by atoms with Gasteiger partial charge in [-0.1, -0.05) is 0 Å². The lowest BCUT2D eigenvalue weighted by molar-refractivity contribution is -0.134. The summed E-state index contributed by atoms with van der Waals surface area (Å²) in [6.07, 6.45) is 3.39. The second-order valence-electron chi connectivity index (χ2n) is 4.82. The number of nitrogens with one attached hydrogen (secondary N) is 1. The van der Waals surface area contributed by atoms with Gasteiger partial charge in [-0.15, -0.1) is 0 Å². The van der Waals surface area contributed by atoms with Crippen LogP contribution in [0.1, 0.15) is 19.8 Å². The Balaban J connectivity index is 1.86. The first-order chi connectivity index (χ1) is 10.0. The summed E-state index contributed by atoms with van der Waals surface area (Å²) in [5, 5.41) is 2.48. The average molecular weight is 296 g/mol. The number of nitrogens with zero attached hydrogens (tertiary/aromatic N) is 3. The smallest absolute Gasteiger partial charge is 0.316 e. The zero-order valence-corrected chi connectivity index (χ0v) is 11.7. The Morgan fingerprint density at radius 1 is 1.48 bits per heavy atom. The van der Waals surface area contributed by atoms with Gasteiger partial charge in [0.2, 0.25) is 11.8 Å². The van der Waals surface area contributed by atoms with Crippen molar-refractivity contribution in [3.8, 4) is 6.01 Å². The summed E-state index contributed by atoms with van der Waals surface area (Å²) < 4.78 is 18.3. The maximum absolute atomic E-state index is 12.7. The van der Waals surface area contributed by atoms with Gasteiger partial charge in [0.05, 0.1) is 25.5 Å². The summed E-state index contributed by atoms with van der Waals surface area (Å²) in [6.45, 7) is 2.37. The van der Waals surface area contributed by atoms with Gasteiger partial charge in [-0.25, -0.2) is 14.4 Å². The van der Waals surface area contributed by atoms with E-state index in [9.17, 15) is 14.0 Å². The minimum atomic E-state index is -0.530. The molecule has 7 nitrogen and oxygen atoms in total. The topological polar surface area (TPSA) is 84.4 Å². The highest BCUT2D eigenvalue weighted by Gasteiger charge is 2.25. The number of piperidine rings is 1. The maximum atomic E-state index is 12.7. The molecule has 0 spiro atoms. The first-order valence-electron chi connectivity index (χ1n) is 6.71. The molecule has 0 saturated carbocycles. The lowest BCUT2D eigenvalue weighted by atomic mass is 10.1. The van der Waals surface area contributed by atoms with E-state index in [-0.39, 0.29) is 30.5 Å². The summed E-state index contributed by atoms with van der Waals surface area (Å²) in [7, 11) is 0. The number of hydrogen-bond donors (Lipinski definition) is 1. The first kappa shape index (κ1) is 15.1. The summed E-state index contributed by atoms with van der Waals surface area (Å²) in [4.78, 5) is 31.8. The van der Waals surface area contributed by atoms with E-state index in [1.165, 1.54) is 6.92 Å². The third-order valence-electron chi connectivity index (χ3n) is 3.09. The van der Waals surface area contributed by atoms with E-state index in [4.69, 9.17) is 4.74 Å². The summed E-state index contributed by atoms with van der Waals surface area (Å²) in [6, 6.07) is 0.0950. The molecule has 1 fully saturated rings. The molecule has 114 valence electrons. The molecular weight excluding hydrogens is 279 g/mol. The molecule has 0 aromatic carbocycles. The highest BCUT2D eigenvalue weighted by atomic mass is 19.1. The van der Waals surface area contributed by atoms with Gasteiger partial charge in [-0.3, -0.25) is 9.59 Å². The van der Waals surface area contributed by atoms with E-state index in [1.807, 2.05) is 0 Å². The zero-order chi connectivity index (χ0) is 15.2. The Kier molecular flexibility index (Phi) is 5.02. The molecule has 1 aliphatic heterocycles. The molecule has 2 heterocycles. The average Bonchev–Trinajstić information content (AvgIpc) is 2.47. The Labute approximate surface area is 121 Å². The molecule has 2 amide bonds. The second-order valence-corrected chi connectivity index (χ2v) is 4.82. The molecule has 21 heavy (non-hydrogen) atoms. The maximum Gasteiger partial charge on any atom is 0.316 e. The van der Waals surface area contributed by atoms with Crippen molar-refractivity contribution in [1.29, 1.82) is 0 Å². The number of rotatable bonds is 4. The molecule has 0 radical (unpaired) electrons. The van der Waals surface area contributed by atoms with Crippen molar-refractivity contribution >= 4 is 11.8 Å². The van der Waals surface area contributed by atoms with Gasteiger partial charge in [0.15, 0.2) is 5.82 Å². The van der Waals surface area contributed by atoms with E-state index in [0.717, 1.165) is 25.2 Å². The SMILES string of the molecule is CC(=O)NCC(=O)N1CCC[C@@H](Oc2ncc(F)cn2)C1. The molecule has 0 aliphatic carbocycles. The number of amides is 2. The van der Waals surface area contributed by atoms with Crippen LogP contribution in [-0.2, 0) is 9.59 Å². The van der Waals surface area contributed by atoms with Crippen molar-refractivity contribution < 1.29 is 18.7 Å². The first-order valence-corrected chi connectivity index (χ1v) is 6.71. The Morgan fingerprint density at radius 3 is 2.86 bits per heavy atom. The fourth-order valence-electron chi connectivity index (χ4n) is 2.08. The molecule has 8 heteroatoms. The van der Waals surface area contributed by atoms with E-state index >= 15 is 0 Å². The van der Waals surface area contributed by atoms with E-state index in [0.29, 0.717) is 13.1 Å². The molecule has 0 bridgehead atoms. The van der Waals surface area contributed by atoms with Gasteiger partial charge in [0, 0.05) is 13.5 Å². The van der Waals surface area contributed by atoms with Gasteiger partial charge in [-0.2, -0.15) is 0 Å². The Bertz CT molecular complexity index is 509. The van der Waals surface area contributed by atoms with Crippen LogP contribution in [-0.4, -0.2) is 52.4 Å². The fourth-order valence-corrected chi connectivity index (χ4v) is 2.08. The van der Waals surface area contributed by atoms with Crippen LogP contribution in [0.5, 0.6) is 6.01 Å². The lowest BCUT2D eigenvalue weighted by Crippen LogP contribution is -2.47. The largest absolute Gasteiger partial charge is 0.458 e. The van der Waals surface area contributed by atoms with Gasteiger partial charge >= 0.3 is 6.01 Å². The third kappa shape index (κ3) is 4.66. The highest BCUT2D eigenvalue weighted by molar-refractivity contribution is 5.83. The molecule has 1 atom stereocenters. The Morgan fingerprint density at radius 2 is 2.19 bits per heavy atom. The lowest BCUT2D eigenvalue weighted by Gasteiger charge is -2.32. The van der Waals surface area contributed by atoms with Crippen molar-refractivity contribution in [2.45, 2.75) is 25.9 Å². The molecule has 2 rings (SSSR count). The van der Waals surface area contributed by atoms with Crippen molar-refractivity contribution in [1.82, 2.24) is 20.2 Å². The van der Waals surface area contributed by atoms with Crippen LogP contribution in [0.3, 0.4) is 0 Å². The third-order valence-corrected chi connectivity index (χ3v) is 3.09. The normalized spacial score (nSPS) is 18.2. The van der Waals surface area contributed by atoms with E-state index in [1.54, 1.807) is 4.90 Å². The van der Waals surface area contributed by atoms with Crippen LogP contribution >= 0.6 is 0 Å². The predicted octanol–water partition coefficient (Wildman–Crippen LogP) is 0.122. The Hall–Kier alpha value is -2.25. The zero-order valence-electron chi connectivity index (χ0n) is 11.7. The molecule has 0 unspecified atom stereocenters. The van der Waals surface area contributed by atoms with Crippen molar-refractivity contribution in [2.24, 2.45) is 0 Å². The monoisotopic (exact) mass is 296 g/mol. The van der Waals surface area contributed by atoms with Crippen LogP contribution in [0.4, 0.5) is 4.39 Å². The van der Waals surface area contributed by atoms with Crippen LogP contribution in [0, 0.1) is 5.82 Å². The summed E-state index contributed by atoms with van der Waals surface area (Å²) in [5.41, 5.74) is 0. The summed E-state index contributed by atoms with van der Waals surface area (Å²) >= 11 is 0. The van der Waals surface area contributed by atoms with Crippen molar-refractivity contribution in [3.05, 3.63) is 18.2 Å². The van der Waals surface area contributed by atoms with Crippen molar-refractivity contribution in [3.63, 3.8) is 0 Å². The van der Waals surface area contributed by atoms with Crippen molar-refractivity contribution in [2.75, 3.05) is 19.6 Å². The number of ether oxygens (including phenoxy) is 1. The number of hydrogen-bond acceptors (Lipinski definition) is 5. The fraction of sp³-hybridized carbons (Fsp3) is 0.538. The van der Waals surface area contributed by atoms with Gasteiger partial charge in [-0.05, 0) is 12.8 Å². The minimum Gasteiger partial charge on any atom is -0.458 e. The number of aromatic nitrogens is 2. The summed E-state index contributed by atoms with van der Waals surface area (Å²) in [5.74, 6) is -0.926. The standard InChI is InChI=1S/C13H17FN4O3/c1-9(19)15-7-12(20)18-4-2-3-11(8-18)21-13-16-5-10(14)6-17-13/h5-6,11H,2-4,7-8H2,1H3,(H,15,19)/t11-/m1/s1. The number of halogens is 1. The highest BCUT2D eigenvalue weighted by Crippen LogP contribution is 2.15. The van der Waals surface area contributed by atoms with E-state index in [2.05, 4.69) is 15.3 Å². The number of carbonyl (C=O) groups excluding carboxylic acids is 2. The number of carbonyl (C=O) groups is 2. The van der Waals surface area contributed by atoms with E-state index < -0.39 is 5.82 Å². The van der Waals surface area contributed by atoms with Gasteiger partial charge in [0.25, 0.3) is 0 Å². The molecular formula is C13H17FN4O3. The molecule has 1 saturated heterocycles. The van der Waals surface area contributed by atoms with Crippen LogP contribution in [0.25, 0.3) is 0 Å². The predicted molar refractivity (Wildman–Crippen MR) is 70.9 cm³/mol. The van der Waals surface area contributed by atoms with Crippen LogP contribution in [0.2, 0.25) is 0 Å².